The van der Waals surface area contributed by atoms with Crippen molar-refractivity contribution in [2.45, 2.75) is 18.5 Å². The predicted molar refractivity (Wildman–Crippen MR) is 128 cm³/mol. The zero-order chi connectivity index (χ0) is 23.8. The maximum Gasteiger partial charge on any atom is 0.245 e. The average Bonchev–Trinajstić information content (AvgIpc) is 2.90. The van der Waals surface area contributed by atoms with Crippen molar-refractivity contribution in [1.82, 2.24) is 15.1 Å². The Kier molecular flexibility index (Phi) is 8.51. The van der Waals surface area contributed by atoms with Crippen molar-refractivity contribution in [3.63, 3.8) is 0 Å². The van der Waals surface area contributed by atoms with Crippen LogP contribution in [-0.2, 0) is 25.5 Å². The zero-order valence-corrected chi connectivity index (χ0v) is 19.7. The van der Waals surface area contributed by atoms with E-state index >= 15 is 0 Å². The van der Waals surface area contributed by atoms with Gasteiger partial charge in [0.2, 0.25) is 11.8 Å². The lowest BCUT2D eigenvalue weighted by molar-refractivity contribution is -0.141. The van der Waals surface area contributed by atoms with Gasteiger partial charge in [0.25, 0.3) is 0 Å². The zero-order valence-electron chi connectivity index (χ0n) is 19.7. The summed E-state index contributed by atoms with van der Waals surface area (Å²) in [4.78, 5) is 31.1. The van der Waals surface area contributed by atoms with Gasteiger partial charge in [0.05, 0.1) is 33.5 Å². The lowest BCUT2D eigenvalue weighted by Crippen LogP contribution is -2.55. The van der Waals surface area contributed by atoms with Gasteiger partial charge in [0, 0.05) is 32.6 Å². The van der Waals surface area contributed by atoms with Gasteiger partial charge in [-0.25, -0.2) is 0 Å². The first-order chi connectivity index (χ1) is 16.7. The molecule has 2 aromatic rings. The number of amides is 2. The summed E-state index contributed by atoms with van der Waals surface area (Å²) in [6, 6.07) is 16.2. The van der Waals surface area contributed by atoms with E-state index in [1.807, 2.05) is 54.6 Å². The predicted octanol–water partition coefficient (Wildman–Crippen LogP) is 1.65. The number of morpholine rings is 2. The number of carbonyl (C=O) groups excluding carboxylic acids is 2. The van der Waals surface area contributed by atoms with Crippen LogP contribution in [0.3, 0.4) is 0 Å². The minimum Gasteiger partial charge on any atom is -0.497 e. The summed E-state index contributed by atoms with van der Waals surface area (Å²) in [5.74, 6) is 0.472. The molecule has 2 fully saturated rings. The highest BCUT2D eigenvalue weighted by Gasteiger charge is 2.34. The summed E-state index contributed by atoms with van der Waals surface area (Å²) in [6.45, 7) is 4.52. The molecule has 2 aliphatic heterocycles. The Morgan fingerprint density at radius 3 is 2.15 bits per heavy atom. The third-order valence-electron chi connectivity index (χ3n) is 6.31. The van der Waals surface area contributed by atoms with Crippen molar-refractivity contribution in [3.8, 4) is 5.75 Å². The molecule has 0 saturated carbocycles. The highest BCUT2D eigenvalue weighted by molar-refractivity contribution is 5.90. The number of benzene rings is 2. The quantitative estimate of drug-likeness (QED) is 0.636. The van der Waals surface area contributed by atoms with Crippen LogP contribution in [0.1, 0.15) is 17.2 Å². The van der Waals surface area contributed by atoms with Gasteiger partial charge >= 0.3 is 0 Å². The maximum absolute atomic E-state index is 13.8. The van der Waals surface area contributed by atoms with Gasteiger partial charge in [0.15, 0.2) is 0 Å². The van der Waals surface area contributed by atoms with E-state index in [-0.39, 0.29) is 11.8 Å². The first-order valence-electron chi connectivity index (χ1n) is 11.8. The van der Waals surface area contributed by atoms with Crippen LogP contribution in [0, 0.1) is 0 Å². The molecule has 2 aromatic carbocycles. The molecule has 2 saturated heterocycles. The van der Waals surface area contributed by atoms with E-state index in [1.54, 1.807) is 12.0 Å². The van der Waals surface area contributed by atoms with E-state index in [4.69, 9.17) is 14.2 Å². The van der Waals surface area contributed by atoms with Gasteiger partial charge in [-0.05, 0) is 23.3 Å². The molecule has 34 heavy (non-hydrogen) atoms. The van der Waals surface area contributed by atoms with Gasteiger partial charge < -0.3 is 24.4 Å². The van der Waals surface area contributed by atoms with Crippen LogP contribution in [0.25, 0.3) is 0 Å². The molecule has 182 valence electrons. The Labute approximate surface area is 200 Å². The molecule has 1 N–H and O–H groups in total. The molecular formula is C26H33N3O5. The number of hydrogen-bond donors (Lipinski definition) is 1. The van der Waals surface area contributed by atoms with Crippen molar-refractivity contribution in [1.29, 1.82) is 0 Å². The van der Waals surface area contributed by atoms with E-state index in [9.17, 15) is 9.59 Å². The Bertz CT molecular complexity index is 925. The fourth-order valence-electron chi connectivity index (χ4n) is 4.45. The van der Waals surface area contributed by atoms with Gasteiger partial charge in [-0.2, -0.15) is 0 Å². The van der Waals surface area contributed by atoms with E-state index in [1.165, 1.54) is 0 Å². The largest absolute Gasteiger partial charge is 0.497 e. The Morgan fingerprint density at radius 1 is 0.912 bits per heavy atom. The second-order valence-electron chi connectivity index (χ2n) is 8.51. The van der Waals surface area contributed by atoms with Gasteiger partial charge in [-0.3, -0.25) is 14.5 Å². The monoisotopic (exact) mass is 467 g/mol. The third-order valence-corrected chi connectivity index (χ3v) is 6.31. The minimum atomic E-state index is -0.658. The van der Waals surface area contributed by atoms with Crippen molar-refractivity contribution < 1.29 is 23.8 Å². The fraction of sp³-hybridized carbons (Fsp3) is 0.462. The van der Waals surface area contributed by atoms with Crippen LogP contribution in [0.2, 0.25) is 0 Å². The Balaban J connectivity index is 1.58. The van der Waals surface area contributed by atoms with Gasteiger partial charge in [-0.1, -0.05) is 42.5 Å². The first-order valence-corrected chi connectivity index (χ1v) is 11.8. The van der Waals surface area contributed by atoms with Crippen molar-refractivity contribution in [2.75, 3.05) is 59.7 Å². The van der Waals surface area contributed by atoms with Crippen LogP contribution in [-0.4, -0.2) is 87.4 Å². The molecule has 4 rings (SSSR count). The number of ether oxygens (including phenoxy) is 3. The molecule has 0 aliphatic carbocycles. The Morgan fingerprint density at radius 2 is 1.53 bits per heavy atom. The van der Waals surface area contributed by atoms with Crippen molar-refractivity contribution >= 4 is 11.8 Å². The summed E-state index contributed by atoms with van der Waals surface area (Å²) in [6.07, 6.45) is 0.432. The van der Waals surface area contributed by atoms with Gasteiger partial charge in [-0.15, -0.1) is 0 Å². The maximum atomic E-state index is 13.8. The molecule has 0 spiro atoms. The number of methoxy groups -OCH3 is 1. The average molecular weight is 468 g/mol. The molecule has 2 atom stereocenters. The highest BCUT2D eigenvalue weighted by Crippen LogP contribution is 2.25. The van der Waals surface area contributed by atoms with Crippen molar-refractivity contribution in [3.05, 3.63) is 65.7 Å². The molecule has 8 heteroatoms. The number of rotatable bonds is 8. The van der Waals surface area contributed by atoms with Crippen LogP contribution < -0.4 is 10.1 Å². The summed E-state index contributed by atoms with van der Waals surface area (Å²) in [5, 5.41) is 3.10. The smallest absolute Gasteiger partial charge is 0.245 e. The SMILES string of the molecule is COc1ccc(C(C(=O)NC(Cc2ccccc2)C(=O)N2CCOCC2)N2CCOCC2)cc1. The second-order valence-corrected chi connectivity index (χ2v) is 8.51. The molecule has 2 amide bonds. The normalized spacial score (nSPS) is 18.7. The topological polar surface area (TPSA) is 80.3 Å². The van der Waals surface area contributed by atoms with E-state index in [0.29, 0.717) is 59.0 Å². The number of nitrogens with zero attached hydrogens (tertiary/aromatic N) is 2. The molecular weight excluding hydrogens is 434 g/mol. The summed E-state index contributed by atoms with van der Waals surface area (Å²) >= 11 is 0. The molecule has 2 heterocycles. The van der Waals surface area contributed by atoms with E-state index in [0.717, 1.165) is 16.9 Å². The summed E-state index contributed by atoms with van der Waals surface area (Å²) < 4.78 is 16.2. The lowest BCUT2D eigenvalue weighted by atomic mass is 10.0. The fourth-order valence-corrected chi connectivity index (χ4v) is 4.45. The highest BCUT2D eigenvalue weighted by atomic mass is 16.5. The minimum absolute atomic E-state index is 0.0732. The number of nitrogens with one attached hydrogen (secondary N) is 1. The van der Waals surface area contributed by atoms with E-state index < -0.39 is 12.1 Å². The standard InChI is InChI=1S/C26H33N3O5/c1-32-22-9-7-21(8-10-22)24(28-11-15-33-16-12-28)25(30)27-23(19-20-5-3-2-4-6-20)26(31)29-13-17-34-18-14-29/h2-10,23-24H,11-19H2,1H3,(H,27,30). The third kappa shape index (κ3) is 6.14. The molecule has 8 nitrogen and oxygen atoms in total. The van der Waals surface area contributed by atoms with Crippen LogP contribution in [0.15, 0.2) is 54.6 Å². The molecule has 0 aromatic heterocycles. The number of hydrogen-bond acceptors (Lipinski definition) is 6. The lowest BCUT2D eigenvalue weighted by Gasteiger charge is -2.36. The van der Waals surface area contributed by atoms with Crippen LogP contribution >= 0.6 is 0 Å². The molecule has 0 bridgehead atoms. The number of carbonyl (C=O) groups is 2. The molecule has 2 unspecified atom stereocenters. The van der Waals surface area contributed by atoms with Crippen LogP contribution in [0.5, 0.6) is 5.75 Å². The Hall–Kier alpha value is -2.94. The summed E-state index contributed by atoms with van der Waals surface area (Å²) in [7, 11) is 1.62. The molecule has 0 radical (unpaired) electrons. The van der Waals surface area contributed by atoms with E-state index in [2.05, 4.69) is 10.2 Å². The summed E-state index contributed by atoms with van der Waals surface area (Å²) in [5.41, 5.74) is 1.86. The second kappa shape index (κ2) is 12.0. The van der Waals surface area contributed by atoms with Gasteiger partial charge in [0.1, 0.15) is 17.8 Å². The first kappa shape index (κ1) is 24.2. The molecule has 2 aliphatic rings. The van der Waals surface area contributed by atoms with Crippen molar-refractivity contribution in [2.24, 2.45) is 0 Å². The van der Waals surface area contributed by atoms with Crippen LogP contribution in [0.4, 0.5) is 0 Å².